The van der Waals surface area contributed by atoms with Crippen molar-refractivity contribution in [2.75, 3.05) is 0 Å². The summed E-state index contributed by atoms with van der Waals surface area (Å²) in [7, 11) is 0. The SMILES string of the molecule is CC(C)CCCCCCCCCCCC#N. The summed E-state index contributed by atoms with van der Waals surface area (Å²) in [6.07, 6.45) is 14.3. The lowest BCUT2D eigenvalue weighted by Gasteiger charge is -2.04. The van der Waals surface area contributed by atoms with E-state index in [1.165, 1.54) is 57.8 Å². The lowest BCUT2D eigenvalue weighted by molar-refractivity contribution is 0.506. The maximum Gasteiger partial charge on any atom is 0.0621 e. The van der Waals surface area contributed by atoms with Gasteiger partial charge in [0.15, 0.2) is 0 Å². The van der Waals surface area contributed by atoms with Gasteiger partial charge in [0.05, 0.1) is 6.07 Å². The molecular weight excluding hydrogens is 194 g/mol. The zero-order chi connectivity index (χ0) is 12.1. The number of hydrogen-bond donors (Lipinski definition) is 0. The maximum absolute atomic E-state index is 8.38. The van der Waals surface area contributed by atoms with E-state index in [4.69, 9.17) is 5.26 Å². The number of hydrogen-bond acceptors (Lipinski definition) is 1. The molecule has 0 radical (unpaired) electrons. The molecule has 16 heavy (non-hydrogen) atoms. The summed E-state index contributed by atoms with van der Waals surface area (Å²) in [5.74, 6) is 0.875. The van der Waals surface area contributed by atoms with Gasteiger partial charge in [0.25, 0.3) is 0 Å². The van der Waals surface area contributed by atoms with Gasteiger partial charge in [-0.1, -0.05) is 71.6 Å². The summed E-state index contributed by atoms with van der Waals surface area (Å²) in [6.45, 7) is 4.61. The van der Waals surface area contributed by atoms with Crippen LogP contribution in [0.5, 0.6) is 0 Å². The summed E-state index contributed by atoms with van der Waals surface area (Å²) < 4.78 is 0. The second kappa shape index (κ2) is 12.6. The summed E-state index contributed by atoms with van der Waals surface area (Å²) in [4.78, 5) is 0. The van der Waals surface area contributed by atoms with Crippen LogP contribution in [0.25, 0.3) is 0 Å². The molecule has 0 fully saturated rings. The fourth-order valence-corrected chi connectivity index (χ4v) is 1.99. The lowest BCUT2D eigenvalue weighted by atomic mass is 10.0. The van der Waals surface area contributed by atoms with Gasteiger partial charge in [-0.15, -0.1) is 0 Å². The first-order chi connectivity index (χ1) is 7.77. The third-order valence-electron chi connectivity index (χ3n) is 3.07. The Labute approximate surface area is 102 Å². The minimum atomic E-state index is 0.745. The largest absolute Gasteiger partial charge is 0.198 e. The molecule has 0 aromatic carbocycles. The van der Waals surface area contributed by atoms with Crippen molar-refractivity contribution in [3.05, 3.63) is 0 Å². The molecule has 0 aliphatic rings. The van der Waals surface area contributed by atoms with Crippen LogP contribution in [0.1, 0.15) is 84.5 Å². The second-order valence-corrected chi connectivity index (χ2v) is 5.27. The van der Waals surface area contributed by atoms with Gasteiger partial charge in [0, 0.05) is 6.42 Å². The molecule has 0 bridgehead atoms. The molecule has 0 unspecified atom stereocenters. The van der Waals surface area contributed by atoms with Gasteiger partial charge in [-0.05, 0) is 12.3 Å². The van der Waals surface area contributed by atoms with Crippen molar-refractivity contribution in [3.8, 4) is 6.07 Å². The van der Waals surface area contributed by atoms with Crippen molar-refractivity contribution >= 4 is 0 Å². The molecule has 0 saturated heterocycles. The molecule has 0 aliphatic heterocycles. The molecule has 0 amide bonds. The smallest absolute Gasteiger partial charge is 0.0621 e. The van der Waals surface area contributed by atoms with Crippen LogP contribution in [-0.2, 0) is 0 Å². The van der Waals surface area contributed by atoms with E-state index < -0.39 is 0 Å². The van der Waals surface area contributed by atoms with Crippen molar-refractivity contribution < 1.29 is 0 Å². The van der Waals surface area contributed by atoms with E-state index in [1.54, 1.807) is 0 Å². The first-order valence-corrected chi connectivity index (χ1v) is 7.14. The molecule has 94 valence electrons. The molecule has 0 N–H and O–H groups in total. The number of rotatable bonds is 11. The highest BCUT2D eigenvalue weighted by Crippen LogP contribution is 2.13. The van der Waals surface area contributed by atoms with Crippen molar-refractivity contribution in [2.24, 2.45) is 5.92 Å². The Balaban J connectivity index is 2.91. The molecule has 0 aromatic heterocycles. The minimum absolute atomic E-state index is 0.745. The standard InChI is InChI=1S/C15H29N/c1-15(2)13-11-9-7-5-3-4-6-8-10-12-14-16/h15H,3-13H2,1-2H3. The van der Waals surface area contributed by atoms with E-state index in [-0.39, 0.29) is 0 Å². The topological polar surface area (TPSA) is 23.8 Å². The Kier molecular flexibility index (Phi) is 12.2. The fraction of sp³-hybridized carbons (Fsp3) is 0.933. The first kappa shape index (κ1) is 15.5. The van der Waals surface area contributed by atoms with Gasteiger partial charge >= 0.3 is 0 Å². The van der Waals surface area contributed by atoms with Crippen LogP contribution in [0.3, 0.4) is 0 Å². The average molecular weight is 223 g/mol. The van der Waals surface area contributed by atoms with E-state index >= 15 is 0 Å². The Hall–Kier alpha value is -0.510. The normalized spacial score (nSPS) is 10.6. The van der Waals surface area contributed by atoms with Crippen LogP contribution in [0.4, 0.5) is 0 Å². The third-order valence-corrected chi connectivity index (χ3v) is 3.07. The Morgan fingerprint density at radius 1 is 0.750 bits per heavy atom. The molecule has 0 saturated carbocycles. The van der Waals surface area contributed by atoms with Gasteiger partial charge in [-0.2, -0.15) is 5.26 Å². The van der Waals surface area contributed by atoms with Crippen LogP contribution in [0.15, 0.2) is 0 Å². The van der Waals surface area contributed by atoms with E-state index in [0.29, 0.717) is 0 Å². The van der Waals surface area contributed by atoms with Gasteiger partial charge in [0.1, 0.15) is 0 Å². The van der Waals surface area contributed by atoms with E-state index in [0.717, 1.165) is 18.8 Å². The molecule has 1 nitrogen and oxygen atoms in total. The number of unbranched alkanes of at least 4 members (excludes halogenated alkanes) is 9. The fourth-order valence-electron chi connectivity index (χ4n) is 1.99. The van der Waals surface area contributed by atoms with Crippen LogP contribution in [0.2, 0.25) is 0 Å². The van der Waals surface area contributed by atoms with Crippen LogP contribution >= 0.6 is 0 Å². The number of nitrogens with zero attached hydrogens (tertiary/aromatic N) is 1. The highest BCUT2D eigenvalue weighted by atomic mass is 14.2. The maximum atomic E-state index is 8.38. The van der Waals surface area contributed by atoms with Crippen LogP contribution in [-0.4, -0.2) is 0 Å². The van der Waals surface area contributed by atoms with Crippen molar-refractivity contribution in [1.82, 2.24) is 0 Å². The lowest BCUT2D eigenvalue weighted by Crippen LogP contribution is -1.87. The quantitative estimate of drug-likeness (QED) is 0.427. The Bertz CT molecular complexity index is 167. The third kappa shape index (κ3) is 13.5. The zero-order valence-electron chi connectivity index (χ0n) is 11.3. The highest BCUT2D eigenvalue weighted by molar-refractivity contribution is 4.67. The van der Waals surface area contributed by atoms with Crippen molar-refractivity contribution in [3.63, 3.8) is 0 Å². The van der Waals surface area contributed by atoms with Gasteiger partial charge in [-0.3, -0.25) is 0 Å². The van der Waals surface area contributed by atoms with Crippen molar-refractivity contribution in [2.45, 2.75) is 84.5 Å². The summed E-state index contributed by atoms with van der Waals surface area (Å²) in [5, 5.41) is 8.38. The van der Waals surface area contributed by atoms with E-state index in [1.807, 2.05) is 0 Å². The van der Waals surface area contributed by atoms with E-state index in [9.17, 15) is 0 Å². The van der Waals surface area contributed by atoms with Crippen molar-refractivity contribution in [1.29, 1.82) is 5.26 Å². The predicted octanol–water partition coefficient (Wildman–Crippen LogP) is 5.46. The monoisotopic (exact) mass is 223 g/mol. The number of nitriles is 1. The van der Waals surface area contributed by atoms with Gasteiger partial charge in [0.2, 0.25) is 0 Å². The first-order valence-electron chi connectivity index (χ1n) is 7.14. The molecule has 0 aromatic rings. The van der Waals surface area contributed by atoms with Gasteiger partial charge < -0.3 is 0 Å². The summed E-state index contributed by atoms with van der Waals surface area (Å²) >= 11 is 0. The highest BCUT2D eigenvalue weighted by Gasteiger charge is 1.95. The molecule has 1 heteroatoms. The Morgan fingerprint density at radius 2 is 1.19 bits per heavy atom. The van der Waals surface area contributed by atoms with Crippen LogP contribution < -0.4 is 0 Å². The molecule has 0 rings (SSSR count). The van der Waals surface area contributed by atoms with Gasteiger partial charge in [-0.25, -0.2) is 0 Å². The van der Waals surface area contributed by atoms with E-state index in [2.05, 4.69) is 19.9 Å². The summed E-state index contributed by atoms with van der Waals surface area (Å²) in [5.41, 5.74) is 0. The molecular formula is C15H29N. The van der Waals surface area contributed by atoms with Crippen LogP contribution in [0, 0.1) is 17.2 Å². The average Bonchev–Trinajstić information content (AvgIpc) is 2.25. The second-order valence-electron chi connectivity index (χ2n) is 5.27. The zero-order valence-corrected chi connectivity index (χ0v) is 11.3. The Morgan fingerprint density at radius 3 is 1.62 bits per heavy atom. The molecule has 0 atom stereocenters. The predicted molar refractivity (Wildman–Crippen MR) is 71.2 cm³/mol. The molecule has 0 aliphatic carbocycles. The molecule has 0 spiro atoms. The molecule has 0 heterocycles. The minimum Gasteiger partial charge on any atom is -0.198 e. The summed E-state index contributed by atoms with van der Waals surface area (Å²) in [6, 6.07) is 2.20.